The molecule has 0 fully saturated rings. The molecule has 0 atom stereocenters. The number of para-hydroxylation sites is 1. The third-order valence-electron chi connectivity index (χ3n) is 13.1. The zero-order valence-corrected chi connectivity index (χ0v) is 37.5. The Kier molecular flexibility index (Phi) is 10.3. The van der Waals surface area contributed by atoms with E-state index in [0.29, 0.717) is 34.9 Å². The van der Waals surface area contributed by atoms with E-state index in [9.17, 15) is 0 Å². The predicted molar refractivity (Wildman–Crippen MR) is 286 cm³/mol. The smallest absolute Gasteiger partial charge is 0.166 e. The van der Waals surface area contributed by atoms with E-state index in [2.05, 4.69) is 147 Å². The van der Waals surface area contributed by atoms with Gasteiger partial charge in [-0.25, -0.2) is 29.9 Å². The molecule has 0 amide bonds. The summed E-state index contributed by atoms with van der Waals surface area (Å²) in [4.78, 5) is 31.5. The summed E-state index contributed by atoms with van der Waals surface area (Å²) in [5.74, 6) is 3.48. The summed E-state index contributed by atoms with van der Waals surface area (Å²) in [6.07, 6.45) is 0. The van der Waals surface area contributed by atoms with Crippen molar-refractivity contribution in [2.75, 3.05) is 0 Å². The molecule has 0 aliphatic rings. The average molecular weight is 841 g/mol. The van der Waals surface area contributed by atoms with Crippen molar-refractivity contribution in [1.82, 2.24) is 34.5 Å². The Morgan fingerprint density at radius 1 is 0.288 bits per heavy atom. The lowest BCUT2D eigenvalue weighted by molar-refractivity contribution is 1.06. The Hall–Kier alpha value is -8.10. The monoisotopic (exact) mass is 841 g/mol. The van der Waals surface area contributed by atoms with Crippen LogP contribution in [0, 0.1) is 0 Å². The Bertz CT molecular complexity index is 3560. The van der Waals surface area contributed by atoms with Gasteiger partial charge in [-0.1, -0.05) is 157 Å². The van der Waals surface area contributed by atoms with Crippen LogP contribution in [0.25, 0.3) is 107 Å². The molecule has 0 radical (unpaired) electrons. The van der Waals surface area contributed by atoms with Gasteiger partial charge in [0.2, 0.25) is 0 Å². The SMILES string of the molecule is Bc1c(B)c(B)c(-c2nc(-c3ccccc3)nc(-c3cc(-c4nc(-c5ccccc5)nc(-c5ccccc5)n4)ccc3-n3c4ccccc4c4cc(-c5ccccc5)ccc43)n2)c(B)c1B. The second kappa shape index (κ2) is 16.8. The highest BCUT2D eigenvalue weighted by Crippen LogP contribution is 2.39. The molecule has 3 aromatic heterocycles. The maximum Gasteiger partial charge on any atom is 0.166 e. The third-order valence-corrected chi connectivity index (χ3v) is 13.1. The molecule has 66 heavy (non-hydrogen) atoms. The number of rotatable bonds is 8. The van der Waals surface area contributed by atoms with Crippen LogP contribution in [-0.2, 0) is 0 Å². The van der Waals surface area contributed by atoms with Crippen LogP contribution in [0.2, 0.25) is 0 Å². The van der Waals surface area contributed by atoms with Gasteiger partial charge in [0.25, 0.3) is 0 Å². The fourth-order valence-electron chi connectivity index (χ4n) is 9.19. The first-order valence-electron chi connectivity index (χ1n) is 22.3. The minimum Gasteiger partial charge on any atom is -0.309 e. The van der Waals surface area contributed by atoms with Crippen LogP contribution in [0.1, 0.15) is 0 Å². The highest BCUT2D eigenvalue weighted by Gasteiger charge is 2.24. The summed E-state index contributed by atoms with van der Waals surface area (Å²) in [6.45, 7) is 0. The number of benzene rings is 8. The quantitative estimate of drug-likeness (QED) is 0.215. The summed E-state index contributed by atoms with van der Waals surface area (Å²) < 4.78 is 2.35. The van der Waals surface area contributed by atoms with Crippen molar-refractivity contribution in [2.45, 2.75) is 0 Å². The summed E-state index contributed by atoms with van der Waals surface area (Å²) in [7, 11) is 10.9. The first kappa shape index (κ1) is 40.7. The summed E-state index contributed by atoms with van der Waals surface area (Å²) in [5, 5.41) is 2.30. The second-order valence-electron chi connectivity index (χ2n) is 16.9. The number of fused-ring (bicyclic) bond motifs is 3. The molecule has 7 nitrogen and oxygen atoms in total. The Labute approximate surface area is 388 Å². The molecule has 3 heterocycles. The highest BCUT2D eigenvalue weighted by atomic mass is 15.1. The van der Waals surface area contributed by atoms with E-state index >= 15 is 0 Å². The van der Waals surface area contributed by atoms with Gasteiger partial charge in [-0.05, 0) is 47.5 Å². The molecular formula is C54H40B5N7. The first-order valence-corrected chi connectivity index (χ1v) is 22.3. The van der Waals surface area contributed by atoms with E-state index in [-0.39, 0.29) is 0 Å². The van der Waals surface area contributed by atoms with Crippen LogP contribution in [0.3, 0.4) is 0 Å². The van der Waals surface area contributed by atoms with E-state index in [1.54, 1.807) is 0 Å². The van der Waals surface area contributed by atoms with Gasteiger partial charge < -0.3 is 4.57 Å². The molecule has 0 N–H and O–H groups in total. The highest BCUT2D eigenvalue weighted by molar-refractivity contribution is 6.68. The van der Waals surface area contributed by atoms with Crippen LogP contribution in [0.5, 0.6) is 0 Å². The van der Waals surface area contributed by atoms with Crippen molar-refractivity contribution in [3.63, 3.8) is 0 Å². The number of aromatic nitrogens is 7. The lowest BCUT2D eigenvalue weighted by atomic mass is 9.60. The maximum absolute atomic E-state index is 5.49. The third kappa shape index (κ3) is 7.21. The lowest BCUT2D eigenvalue weighted by Crippen LogP contribution is -2.55. The molecule has 0 spiro atoms. The van der Waals surface area contributed by atoms with Crippen molar-refractivity contribution in [2.24, 2.45) is 0 Å². The molecule has 11 rings (SSSR count). The normalized spacial score (nSPS) is 11.3. The van der Waals surface area contributed by atoms with Gasteiger partial charge in [-0.15, -0.1) is 16.4 Å². The summed E-state index contributed by atoms with van der Waals surface area (Å²) in [6, 6.07) is 62.7. The molecule has 0 saturated heterocycles. The zero-order chi connectivity index (χ0) is 44.9. The maximum atomic E-state index is 5.49. The largest absolute Gasteiger partial charge is 0.309 e. The van der Waals surface area contributed by atoms with Gasteiger partial charge in [-0.3, -0.25) is 0 Å². The zero-order valence-electron chi connectivity index (χ0n) is 37.5. The van der Waals surface area contributed by atoms with Gasteiger partial charge >= 0.3 is 0 Å². The Morgan fingerprint density at radius 3 is 1.26 bits per heavy atom. The van der Waals surface area contributed by atoms with Crippen LogP contribution < -0.4 is 27.3 Å². The number of hydrogen-bond acceptors (Lipinski definition) is 6. The molecule has 0 bridgehead atoms. The first-order chi connectivity index (χ1) is 32.3. The van der Waals surface area contributed by atoms with Gasteiger partial charge in [-0.2, -0.15) is 0 Å². The summed E-state index contributed by atoms with van der Waals surface area (Å²) in [5.41, 5.74) is 16.8. The van der Waals surface area contributed by atoms with Crippen LogP contribution in [-0.4, -0.2) is 73.7 Å². The van der Waals surface area contributed by atoms with Crippen molar-refractivity contribution < 1.29 is 0 Å². The van der Waals surface area contributed by atoms with Crippen LogP contribution >= 0.6 is 0 Å². The minimum atomic E-state index is 0.540. The lowest BCUT2D eigenvalue weighted by Gasteiger charge is -2.20. The van der Waals surface area contributed by atoms with Crippen LogP contribution in [0.15, 0.2) is 182 Å². The van der Waals surface area contributed by atoms with E-state index in [1.807, 2.05) is 78.9 Å². The van der Waals surface area contributed by atoms with Crippen molar-refractivity contribution in [1.29, 1.82) is 0 Å². The van der Waals surface area contributed by atoms with Gasteiger partial charge in [0.15, 0.2) is 34.9 Å². The van der Waals surface area contributed by atoms with E-state index in [4.69, 9.17) is 29.9 Å². The predicted octanol–water partition coefficient (Wildman–Crippen LogP) is 4.11. The average Bonchev–Trinajstić information content (AvgIpc) is 3.71. The molecule has 8 aromatic carbocycles. The van der Waals surface area contributed by atoms with E-state index < -0.39 is 0 Å². The minimum absolute atomic E-state index is 0.540. The standard InChI is InChI=1S/C54H40B5N7/c55-44-43(45(56)47(58)48(59)46(44)57)54-64-51(34-21-11-4-12-22-34)63-53(65-54)39-30-36(52-61-49(32-17-7-2-8-18-32)60-50(62-52)33-19-9-3-10-20-33)26-28-42(39)66-40-24-14-13-23-37(40)38-29-35(25-27-41(38)66)31-15-5-1-6-16-31/h1-30H,55-59H2. The molecule has 0 saturated carbocycles. The van der Waals surface area contributed by atoms with Gasteiger partial charge in [0, 0.05) is 44.2 Å². The number of hydrogen-bond donors (Lipinski definition) is 0. The van der Waals surface area contributed by atoms with Gasteiger partial charge in [0.1, 0.15) is 39.2 Å². The molecular weight excluding hydrogens is 801 g/mol. The van der Waals surface area contributed by atoms with Crippen molar-refractivity contribution in [3.05, 3.63) is 182 Å². The molecule has 11 aromatic rings. The van der Waals surface area contributed by atoms with Crippen molar-refractivity contribution >= 4 is 88.4 Å². The molecule has 0 unspecified atom stereocenters. The fraction of sp³-hybridized carbons (Fsp3) is 0. The molecule has 0 aliphatic heterocycles. The van der Waals surface area contributed by atoms with Crippen LogP contribution in [0.4, 0.5) is 0 Å². The summed E-state index contributed by atoms with van der Waals surface area (Å²) >= 11 is 0. The molecule has 0 aliphatic carbocycles. The Morgan fingerprint density at radius 2 is 0.697 bits per heavy atom. The molecule has 306 valence electrons. The Balaban J connectivity index is 1.22. The topological polar surface area (TPSA) is 82.3 Å². The fourth-order valence-corrected chi connectivity index (χ4v) is 9.19. The molecule has 12 heteroatoms. The van der Waals surface area contributed by atoms with Gasteiger partial charge in [0.05, 0.1) is 16.7 Å². The van der Waals surface area contributed by atoms with E-state index in [1.165, 1.54) is 22.0 Å². The van der Waals surface area contributed by atoms with Crippen molar-refractivity contribution in [3.8, 4) is 85.1 Å². The second-order valence-corrected chi connectivity index (χ2v) is 16.9. The number of nitrogens with zero attached hydrogens (tertiary/aromatic N) is 7. The van der Waals surface area contributed by atoms with E-state index in [0.717, 1.165) is 77.4 Å².